The Kier molecular flexibility index (Phi) is 5.60. The van der Waals surface area contributed by atoms with E-state index in [4.69, 9.17) is 4.74 Å². The average Bonchev–Trinajstić information content (AvgIpc) is 2.78. The van der Waals surface area contributed by atoms with Gasteiger partial charge in [0.25, 0.3) is 0 Å². The lowest BCUT2D eigenvalue weighted by molar-refractivity contribution is -0.145. The molecular weight excluding hydrogens is 246 g/mol. The van der Waals surface area contributed by atoms with Gasteiger partial charge in [-0.2, -0.15) is 0 Å². The van der Waals surface area contributed by atoms with E-state index in [1.165, 1.54) is 0 Å². The Morgan fingerprint density at radius 1 is 1.32 bits per heavy atom. The molecule has 2 saturated heterocycles. The van der Waals surface area contributed by atoms with E-state index in [1.54, 1.807) is 4.90 Å². The van der Waals surface area contributed by atoms with Crippen molar-refractivity contribution in [2.45, 2.75) is 19.3 Å². The second-order valence-corrected chi connectivity index (χ2v) is 5.17. The molecule has 0 radical (unpaired) electrons. The molecule has 1 atom stereocenters. The maximum absolute atomic E-state index is 11.9. The van der Waals surface area contributed by atoms with Crippen LogP contribution in [0.4, 0.5) is 0 Å². The number of hydrogen-bond donors (Lipinski definition) is 2. The Balaban J connectivity index is 1.67. The Morgan fingerprint density at radius 2 is 2.21 bits per heavy atom. The van der Waals surface area contributed by atoms with Crippen molar-refractivity contribution in [3.63, 3.8) is 0 Å². The van der Waals surface area contributed by atoms with E-state index in [1.807, 2.05) is 0 Å². The first kappa shape index (κ1) is 14.3. The number of carbonyl (C=O) groups is 2. The zero-order chi connectivity index (χ0) is 13.5. The summed E-state index contributed by atoms with van der Waals surface area (Å²) in [5.41, 5.74) is 0. The fraction of sp³-hybridized carbons (Fsp3) is 0.846. The second-order valence-electron chi connectivity index (χ2n) is 5.17. The summed E-state index contributed by atoms with van der Waals surface area (Å²) >= 11 is 0. The van der Waals surface area contributed by atoms with Crippen molar-refractivity contribution in [3.05, 3.63) is 0 Å². The highest BCUT2D eigenvalue weighted by Crippen LogP contribution is 2.15. The molecule has 108 valence electrons. The molecule has 19 heavy (non-hydrogen) atoms. The van der Waals surface area contributed by atoms with E-state index in [-0.39, 0.29) is 0 Å². The maximum atomic E-state index is 11.9. The third kappa shape index (κ3) is 4.47. The van der Waals surface area contributed by atoms with Crippen molar-refractivity contribution in [2.75, 3.05) is 45.9 Å². The number of carbonyl (C=O) groups excluding carboxylic acids is 2. The Hall–Kier alpha value is -1.14. The van der Waals surface area contributed by atoms with Crippen molar-refractivity contribution in [3.8, 4) is 0 Å². The fourth-order valence-corrected chi connectivity index (χ4v) is 2.47. The van der Waals surface area contributed by atoms with Crippen LogP contribution in [0.5, 0.6) is 0 Å². The van der Waals surface area contributed by atoms with Gasteiger partial charge in [0.15, 0.2) is 0 Å². The van der Waals surface area contributed by atoms with E-state index in [2.05, 4.69) is 10.6 Å². The smallest absolute Gasteiger partial charge is 0.311 e. The van der Waals surface area contributed by atoms with Gasteiger partial charge in [-0.05, 0) is 31.7 Å². The predicted molar refractivity (Wildman–Crippen MR) is 70.6 cm³/mol. The lowest BCUT2D eigenvalue weighted by Crippen LogP contribution is -2.44. The lowest BCUT2D eigenvalue weighted by Gasteiger charge is -2.19. The Morgan fingerprint density at radius 3 is 3.00 bits per heavy atom. The summed E-state index contributed by atoms with van der Waals surface area (Å²) < 4.78 is 5.28. The van der Waals surface area contributed by atoms with Crippen LogP contribution in [-0.2, 0) is 14.3 Å². The lowest BCUT2D eigenvalue weighted by atomic mass is 10.1. The topological polar surface area (TPSA) is 70.7 Å². The van der Waals surface area contributed by atoms with Crippen molar-refractivity contribution in [1.82, 2.24) is 15.5 Å². The zero-order valence-corrected chi connectivity index (χ0v) is 11.3. The molecule has 0 aliphatic carbocycles. The molecule has 2 amide bonds. The molecule has 6 nitrogen and oxygen atoms in total. The minimum Gasteiger partial charge on any atom is -0.381 e. The molecule has 2 aliphatic rings. The SMILES string of the molecule is O=C(NCCC1CCOC1)C(=O)N1CCCNCC1. The van der Waals surface area contributed by atoms with Crippen LogP contribution in [0.15, 0.2) is 0 Å². The highest BCUT2D eigenvalue weighted by molar-refractivity contribution is 6.35. The van der Waals surface area contributed by atoms with Crippen LogP contribution in [0.25, 0.3) is 0 Å². The van der Waals surface area contributed by atoms with Gasteiger partial charge in [-0.15, -0.1) is 0 Å². The van der Waals surface area contributed by atoms with Crippen LogP contribution in [-0.4, -0.2) is 62.7 Å². The zero-order valence-electron chi connectivity index (χ0n) is 11.3. The Labute approximate surface area is 113 Å². The van der Waals surface area contributed by atoms with Crippen LogP contribution in [0.1, 0.15) is 19.3 Å². The van der Waals surface area contributed by atoms with Crippen molar-refractivity contribution in [1.29, 1.82) is 0 Å². The van der Waals surface area contributed by atoms with Gasteiger partial charge in [0.1, 0.15) is 0 Å². The standard InChI is InChI=1S/C13H23N3O3/c17-12(15-5-2-11-3-9-19-10-11)13(18)16-7-1-4-14-6-8-16/h11,14H,1-10H2,(H,15,17). The van der Waals surface area contributed by atoms with Gasteiger partial charge >= 0.3 is 11.8 Å². The van der Waals surface area contributed by atoms with Crippen molar-refractivity contribution in [2.24, 2.45) is 5.92 Å². The Bertz CT molecular complexity index is 308. The summed E-state index contributed by atoms with van der Waals surface area (Å²) in [6.45, 7) is 5.11. The molecule has 2 heterocycles. The van der Waals surface area contributed by atoms with E-state index < -0.39 is 11.8 Å². The van der Waals surface area contributed by atoms with E-state index >= 15 is 0 Å². The minimum atomic E-state index is -0.471. The number of amides is 2. The largest absolute Gasteiger partial charge is 0.381 e. The maximum Gasteiger partial charge on any atom is 0.311 e. The third-order valence-corrected chi connectivity index (χ3v) is 3.68. The first-order valence-corrected chi connectivity index (χ1v) is 7.13. The van der Waals surface area contributed by atoms with Gasteiger partial charge in [0.05, 0.1) is 0 Å². The van der Waals surface area contributed by atoms with E-state index in [0.29, 0.717) is 25.6 Å². The molecule has 2 N–H and O–H groups in total. The highest BCUT2D eigenvalue weighted by atomic mass is 16.5. The minimum absolute atomic E-state index is 0.397. The second kappa shape index (κ2) is 7.45. The van der Waals surface area contributed by atoms with Crippen molar-refractivity contribution < 1.29 is 14.3 Å². The van der Waals surface area contributed by atoms with Crippen LogP contribution in [0.3, 0.4) is 0 Å². The van der Waals surface area contributed by atoms with Crippen LogP contribution in [0.2, 0.25) is 0 Å². The third-order valence-electron chi connectivity index (χ3n) is 3.68. The molecule has 0 aromatic rings. The molecule has 0 aromatic carbocycles. The fourth-order valence-electron chi connectivity index (χ4n) is 2.47. The molecule has 0 saturated carbocycles. The van der Waals surface area contributed by atoms with E-state index in [0.717, 1.165) is 45.6 Å². The summed E-state index contributed by atoms with van der Waals surface area (Å²) in [5, 5.41) is 5.93. The normalized spacial score (nSPS) is 24.0. The summed E-state index contributed by atoms with van der Waals surface area (Å²) in [5.74, 6) is -0.343. The molecule has 2 aliphatic heterocycles. The van der Waals surface area contributed by atoms with Gasteiger partial charge in [-0.25, -0.2) is 0 Å². The van der Waals surface area contributed by atoms with Crippen LogP contribution >= 0.6 is 0 Å². The van der Waals surface area contributed by atoms with E-state index in [9.17, 15) is 9.59 Å². The summed E-state index contributed by atoms with van der Waals surface area (Å²) in [7, 11) is 0. The number of nitrogens with one attached hydrogen (secondary N) is 2. The van der Waals surface area contributed by atoms with Gasteiger partial charge in [-0.3, -0.25) is 9.59 Å². The van der Waals surface area contributed by atoms with Gasteiger partial charge in [0, 0.05) is 39.4 Å². The quantitative estimate of drug-likeness (QED) is 0.668. The number of hydrogen-bond acceptors (Lipinski definition) is 4. The number of ether oxygens (including phenoxy) is 1. The van der Waals surface area contributed by atoms with Gasteiger partial charge < -0.3 is 20.3 Å². The van der Waals surface area contributed by atoms with Gasteiger partial charge in [-0.1, -0.05) is 0 Å². The highest BCUT2D eigenvalue weighted by Gasteiger charge is 2.22. The monoisotopic (exact) mass is 269 g/mol. The first-order chi connectivity index (χ1) is 9.27. The number of nitrogens with zero attached hydrogens (tertiary/aromatic N) is 1. The molecule has 0 aromatic heterocycles. The molecule has 1 unspecified atom stereocenters. The number of rotatable bonds is 3. The average molecular weight is 269 g/mol. The predicted octanol–water partition coefficient (Wildman–Crippen LogP) is -0.649. The summed E-state index contributed by atoms with van der Waals surface area (Å²) in [6, 6.07) is 0. The van der Waals surface area contributed by atoms with Crippen LogP contribution < -0.4 is 10.6 Å². The molecule has 2 rings (SSSR count). The molecule has 0 spiro atoms. The summed E-state index contributed by atoms with van der Waals surface area (Å²) in [4.78, 5) is 25.3. The summed E-state index contributed by atoms with van der Waals surface area (Å²) in [6.07, 6.45) is 2.85. The molecule has 6 heteroatoms. The molecule has 0 bridgehead atoms. The van der Waals surface area contributed by atoms with Gasteiger partial charge in [0.2, 0.25) is 0 Å². The molecular formula is C13H23N3O3. The first-order valence-electron chi connectivity index (χ1n) is 7.13. The van der Waals surface area contributed by atoms with Crippen molar-refractivity contribution >= 4 is 11.8 Å². The van der Waals surface area contributed by atoms with Crippen LogP contribution in [0, 0.1) is 5.92 Å². The molecule has 2 fully saturated rings.